The highest BCUT2D eigenvalue weighted by Crippen LogP contribution is 2.09. The van der Waals surface area contributed by atoms with Crippen molar-refractivity contribution in [3.63, 3.8) is 0 Å². The maximum Gasteiger partial charge on any atom is 0.126 e. The van der Waals surface area contributed by atoms with Gasteiger partial charge in [0.25, 0.3) is 0 Å². The minimum absolute atomic E-state index is 0.692. The molecule has 2 heteroatoms. The normalized spacial score (nSPS) is 11.2. The van der Waals surface area contributed by atoms with Crippen molar-refractivity contribution < 1.29 is 4.42 Å². The molecule has 0 spiro atoms. The highest BCUT2D eigenvalue weighted by molar-refractivity contribution is 5.42. The van der Waals surface area contributed by atoms with Crippen LogP contribution in [0.2, 0.25) is 0 Å². The highest BCUT2D eigenvalue weighted by atomic mass is 16.3. The number of aryl methyl sites for hydroxylation is 1. The number of rotatable bonds is 4. The highest BCUT2D eigenvalue weighted by Gasteiger charge is 1.94. The van der Waals surface area contributed by atoms with E-state index in [1.165, 1.54) is 0 Å². The Kier molecular flexibility index (Phi) is 3.61. The van der Waals surface area contributed by atoms with Gasteiger partial charge in [0, 0.05) is 6.42 Å². The largest absolute Gasteiger partial charge is 0.462 e. The van der Waals surface area contributed by atoms with E-state index in [1.807, 2.05) is 24.3 Å². The molecule has 1 aromatic rings. The lowest BCUT2D eigenvalue weighted by Gasteiger charge is -1.87. The van der Waals surface area contributed by atoms with Crippen LogP contribution in [0.25, 0.3) is 6.08 Å². The van der Waals surface area contributed by atoms with Gasteiger partial charge in [-0.15, -0.1) is 0 Å². The maximum absolute atomic E-state index is 5.45. The van der Waals surface area contributed by atoms with Crippen molar-refractivity contribution in [2.24, 2.45) is 5.73 Å². The molecule has 66 valence electrons. The Morgan fingerprint density at radius 2 is 2.33 bits per heavy atom. The van der Waals surface area contributed by atoms with Crippen LogP contribution in [-0.2, 0) is 6.42 Å². The fraction of sp³-hybridized carbons (Fsp3) is 0.400. The summed E-state index contributed by atoms with van der Waals surface area (Å²) >= 11 is 0. The van der Waals surface area contributed by atoms with Gasteiger partial charge in [0.1, 0.15) is 11.5 Å². The average molecular weight is 165 g/mol. The summed E-state index contributed by atoms with van der Waals surface area (Å²) < 4.78 is 5.45. The quantitative estimate of drug-likeness (QED) is 0.742. The van der Waals surface area contributed by atoms with Gasteiger partial charge < -0.3 is 10.2 Å². The summed E-state index contributed by atoms with van der Waals surface area (Å²) in [5.74, 6) is 1.95. The molecular formula is C10H15NO. The molecule has 0 atom stereocenters. The molecule has 1 rings (SSSR count). The van der Waals surface area contributed by atoms with Crippen molar-refractivity contribution in [3.05, 3.63) is 29.7 Å². The Balaban J connectivity index is 2.51. The van der Waals surface area contributed by atoms with Gasteiger partial charge in [-0.1, -0.05) is 13.0 Å². The molecule has 0 saturated heterocycles. The fourth-order valence-corrected chi connectivity index (χ4v) is 0.970. The molecule has 0 aliphatic carbocycles. The zero-order valence-electron chi connectivity index (χ0n) is 7.42. The molecule has 0 saturated carbocycles. The number of furan rings is 1. The van der Waals surface area contributed by atoms with Gasteiger partial charge in [0.2, 0.25) is 0 Å². The second kappa shape index (κ2) is 4.78. The molecule has 12 heavy (non-hydrogen) atoms. The van der Waals surface area contributed by atoms with Crippen molar-refractivity contribution in [1.29, 1.82) is 0 Å². The molecule has 2 N–H and O–H groups in total. The molecule has 0 aliphatic heterocycles. The van der Waals surface area contributed by atoms with Crippen LogP contribution in [0.3, 0.4) is 0 Å². The van der Waals surface area contributed by atoms with Crippen molar-refractivity contribution in [2.75, 3.05) is 6.54 Å². The molecule has 0 aliphatic rings. The molecule has 0 fully saturated rings. The molecule has 1 heterocycles. The topological polar surface area (TPSA) is 39.2 Å². The van der Waals surface area contributed by atoms with E-state index in [-0.39, 0.29) is 0 Å². The molecule has 1 aromatic heterocycles. The van der Waals surface area contributed by atoms with E-state index < -0.39 is 0 Å². The minimum atomic E-state index is 0.692. The van der Waals surface area contributed by atoms with E-state index in [0.717, 1.165) is 24.4 Å². The first-order valence-electron chi connectivity index (χ1n) is 4.32. The molecule has 0 unspecified atom stereocenters. The van der Waals surface area contributed by atoms with Gasteiger partial charge >= 0.3 is 0 Å². The average Bonchev–Trinajstić information content (AvgIpc) is 2.53. The van der Waals surface area contributed by atoms with Crippen LogP contribution in [0.1, 0.15) is 24.9 Å². The van der Waals surface area contributed by atoms with Crippen LogP contribution in [0.15, 0.2) is 22.6 Å². The fourth-order valence-electron chi connectivity index (χ4n) is 0.970. The predicted octanol–water partition coefficient (Wildman–Crippen LogP) is 2.20. The molecule has 0 amide bonds. The lowest BCUT2D eigenvalue weighted by Crippen LogP contribution is -1.94. The van der Waals surface area contributed by atoms with Crippen molar-refractivity contribution in [1.82, 2.24) is 0 Å². The Morgan fingerprint density at radius 1 is 1.50 bits per heavy atom. The molecule has 0 aromatic carbocycles. The van der Waals surface area contributed by atoms with E-state index in [2.05, 4.69) is 6.92 Å². The van der Waals surface area contributed by atoms with Crippen LogP contribution >= 0.6 is 0 Å². The van der Waals surface area contributed by atoms with Gasteiger partial charge in [0.05, 0.1) is 0 Å². The third-order valence-corrected chi connectivity index (χ3v) is 1.65. The second-order valence-corrected chi connectivity index (χ2v) is 2.64. The van der Waals surface area contributed by atoms with E-state index in [1.54, 1.807) is 0 Å². The summed E-state index contributed by atoms with van der Waals surface area (Å²) in [6.45, 7) is 2.77. The summed E-state index contributed by atoms with van der Waals surface area (Å²) in [6, 6.07) is 3.98. The smallest absolute Gasteiger partial charge is 0.126 e. The SMILES string of the molecule is CCc1ccc(C=CCCN)o1. The van der Waals surface area contributed by atoms with Gasteiger partial charge in [0.15, 0.2) is 0 Å². The monoisotopic (exact) mass is 165 g/mol. The first-order valence-corrected chi connectivity index (χ1v) is 4.32. The third kappa shape index (κ3) is 2.55. The first-order chi connectivity index (χ1) is 5.86. The lowest BCUT2D eigenvalue weighted by atomic mass is 10.3. The van der Waals surface area contributed by atoms with Gasteiger partial charge in [-0.05, 0) is 31.2 Å². The van der Waals surface area contributed by atoms with Crippen LogP contribution in [0.5, 0.6) is 0 Å². The van der Waals surface area contributed by atoms with E-state index in [9.17, 15) is 0 Å². The van der Waals surface area contributed by atoms with Gasteiger partial charge in [-0.2, -0.15) is 0 Å². The summed E-state index contributed by atoms with van der Waals surface area (Å²) in [5.41, 5.74) is 5.34. The number of hydrogen-bond acceptors (Lipinski definition) is 2. The maximum atomic E-state index is 5.45. The zero-order valence-corrected chi connectivity index (χ0v) is 7.42. The summed E-state index contributed by atoms with van der Waals surface area (Å²) in [5, 5.41) is 0. The first kappa shape index (κ1) is 9.07. The Morgan fingerprint density at radius 3 is 2.92 bits per heavy atom. The van der Waals surface area contributed by atoms with Gasteiger partial charge in [-0.3, -0.25) is 0 Å². The lowest BCUT2D eigenvalue weighted by molar-refractivity contribution is 0.507. The third-order valence-electron chi connectivity index (χ3n) is 1.65. The molecular weight excluding hydrogens is 150 g/mol. The second-order valence-electron chi connectivity index (χ2n) is 2.64. The van der Waals surface area contributed by atoms with E-state index in [0.29, 0.717) is 6.54 Å². The standard InChI is InChI=1S/C10H15NO/c1-2-9-6-7-10(12-9)5-3-4-8-11/h3,5-7H,2,4,8,11H2,1H3. The Labute approximate surface area is 73.1 Å². The molecule has 0 bridgehead atoms. The van der Waals surface area contributed by atoms with Gasteiger partial charge in [-0.25, -0.2) is 0 Å². The summed E-state index contributed by atoms with van der Waals surface area (Å²) in [4.78, 5) is 0. The summed E-state index contributed by atoms with van der Waals surface area (Å²) in [6.07, 6.45) is 5.84. The van der Waals surface area contributed by atoms with Crippen LogP contribution in [-0.4, -0.2) is 6.54 Å². The zero-order chi connectivity index (χ0) is 8.81. The minimum Gasteiger partial charge on any atom is -0.462 e. The Hall–Kier alpha value is -1.02. The van der Waals surface area contributed by atoms with E-state index in [4.69, 9.17) is 10.2 Å². The Bertz CT molecular complexity index is 250. The van der Waals surface area contributed by atoms with Crippen molar-refractivity contribution in [2.45, 2.75) is 19.8 Å². The van der Waals surface area contributed by atoms with Crippen LogP contribution in [0.4, 0.5) is 0 Å². The number of nitrogens with two attached hydrogens (primary N) is 1. The van der Waals surface area contributed by atoms with E-state index >= 15 is 0 Å². The predicted molar refractivity (Wildman–Crippen MR) is 50.8 cm³/mol. The number of hydrogen-bond donors (Lipinski definition) is 1. The van der Waals surface area contributed by atoms with Crippen LogP contribution < -0.4 is 5.73 Å². The van der Waals surface area contributed by atoms with Crippen molar-refractivity contribution >= 4 is 6.08 Å². The summed E-state index contributed by atoms with van der Waals surface area (Å²) in [7, 11) is 0. The van der Waals surface area contributed by atoms with Crippen molar-refractivity contribution in [3.8, 4) is 0 Å². The molecule has 0 radical (unpaired) electrons. The molecule has 2 nitrogen and oxygen atoms in total. The van der Waals surface area contributed by atoms with Crippen LogP contribution in [0, 0.1) is 0 Å².